The van der Waals surface area contributed by atoms with E-state index < -0.39 is 36.1 Å². The van der Waals surface area contributed by atoms with E-state index in [4.69, 9.17) is 14.2 Å². The molecule has 1 saturated carbocycles. The average Bonchev–Trinajstić information content (AvgIpc) is 3.55. The molecule has 48 heavy (non-hydrogen) atoms. The number of carbonyl (C=O) groups is 4. The van der Waals surface area contributed by atoms with Crippen LogP contribution in [-0.4, -0.2) is 87.6 Å². The Morgan fingerprint density at radius 2 is 1.23 bits per heavy atom. The van der Waals surface area contributed by atoms with E-state index in [1.54, 1.807) is 38.1 Å². The van der Waals surface area contributed by atoms with Gasteiger partial charge in [-0.3, -0.25) is 4.90 Å². The summed E-state index contributed by atoms with van der Waals surface area (Å²) in [5.74, 6) is -5.62. The number of hydrogen-bond acceptors (Lipinski definition) is 9. The molecule has 2 aliphatic rings. The molecule has 0 bridgehead atoms. The number of benzene rings is 3. The zero-order valence-electron chi connectivity index (χ0n) is 27.2. The molecule has 1 aliphatic heterocycles. The van der Waals surface area contributed by atoms with Gasteiger partial charge in [0.15, 0.2) is 0 Å². The molecule has 5 rings (SSSR count). The zero-order chi connectivity index (χ0) is 34.6. The van der Waals surface area contributed by atoms with Crippen molar-refractivity contribution in [1.29, 1.82) is 0 Å². The van der Waals surface area contributed by atoms with Gasteiger partial charge >= 0.3 is 23.9 Å². The van der Waals surface area contributed by atoms with Crippen LogP contribution in [0.15, 0.2) is 78.9 Å². The van der Waals surface area contributed by atoms with E-state index >= 15 is 0 Å². The summed E-state index contributed by atoms with van der Waals surface area (Å²) in [6.07, 6.45) is 1.40. The Morgan fingerprint density at radius 1 is 0.729 bits per heavy atom. The topological polar surface area (TPSA) is 160 Å². The Labute approximate surface area is 280 Å². The van der Waals surface area contributed by atoms with E-state index in [1.807, 2.05) is 6.07 Å². The van der Waals surface area contributed by atoms with Crippen LogP contribution in [0.3, 0.4) is 0 Å². The van der Waals surface area contributed by atoms with Crippen LogP contribution in [0.5, 0.6) is 0 Å². The number of hydrogen-bond donors (Lipinski definition) is 3. The third-order valence-electron chi connectivity index (χ3n) is 8.47. The third kappa shape index (κ3) is 10.5. The molecule has 2 fully saturated rings. The second-order valence-electron chi connectivity index (χ2n) is 12.2. The van der Waals surface area contributed by atoms with Gasteiger partial charge in [-0.15, -0.1) is 0 Å². The number of carboxylic acid groups (broad SMARTS) is 2. The van der Waals surface area contributed by atoms with E-state index in [0.717, 1.165) is 43.5 Å². The van der Waals surface area contributed by atoms with Crippen molar-refractivity contribution in [2.24, 2.45) is 0 Å². The molecule has 3 N–H and O–H groups in total. The first-order valence-electron chi connectivity index (χ1n) is 16.1. The molecule has 3 aromatic rings. The number of ether oxygens (including phenoxy) is 3. The fourth-order valence-electron chi connectivity index (χ4n) is 5.73. The number of aliphatic hydroxyl groups is 1. The van der Waals surface area contributed by atoms with Crippen molar-refractivity contribution >= 4 is 23.9 Å². The van der Waals surface area contributed by atoms with E-state index in [9.17, 15) is 34.5 Å². The first-order chi connectivity index (χ1) is 23.0. The number of aliphatic hydroxyl groups excluding tert-OH is 1. The quantitative estimate of drug-likeness (QED) is 0.242. The first kappa shape index (κ1) is 36.3. The number of aliphatic carboxylic acids is 2. The lowest BCUT2D eigenvalue weighted by Gasteiger charge is -2.35. The Morgan fingerprint density at radius 3 is 1.71 bits per heavy atom. The van der Waals surface area contributed by atoms with Crippen LogP contribution in [-0.2, 0) is 30.4 Å². The molecular weight excluding hydrogens is 618 g/mol. The van der Waals surface area contributed by atoms with Crippen molar-refractivity contribution < 1.29 is 48.7 Å². The highest BCUT2D eigenvalue weighted by Crippen LogP contribution is 2.27. The summed E-state index contributed by atoms with van der Waals surface area (Å²) < 4.78 is 15.7. The second kappa shape index (κ2) is 17.5. The van der Waals surface area contributed by atoms with Crippen LogP contribution in [0.25, 0.3) is 0 Å². The fraction of sp³-hybridized carbons (Fsp3) is 0.405. The monoisotopic (exact) mass is 661 g/mol. The van der Waals surface area contributed by atoms with E-state index in [-0.39, 0.29) is 17.2 Å². The number of rotatable bonds is 11. The minimum Gasteiger partial charge on any atom is -0.478 e. The maximum absolute atomic E-state index is 12.2. The molecule has 256 valence electrons. The standard InChI is InChI=1S/C20H18O8.C17H25NO2/c1-11-3-7-13(8-4-11)19(25)27-15(17(21)22)16(18(23)24)28-20(26)14-9-5-12(2)6-10-14;19-17-9-5-4-8-16(17)18-11-10-15(12-18)20-13-14-6-2-1-3-7-14/h3-10,15-16H,1-2H3,(H,21,22)(H,23,24);1-3,6-7,15-17,19H,4-5,8-13H2/t;15-,16-,17-/m.1/s1. The molecule has 2 unspecified atom stereocenters. The molecule has 5 atom stereocenters. The van der Waals surface area contributed by atoms with E-state index in [0.29, 0.717) is 18.8 Å². The van der Waals surface area contributed by atoms with Crippen molar-refractivity contribution in [2.75, 3.05) is 13.1 Å². The van der Waals surface area contributed by atoms with E-state index in [1.165, 1.54) is 42.7 Å². The maximum atomic E-state index is 12.2. The van der Waals surface area contributed by atoms with Gasteiger partial charge in [-0.05, 0) is 62.9 Å². The van der Waals surface area contributed by atoms with Gasteiger partial charge in [0.25, 0.3) is 0 Å². The lowest BCUT2D eigenvalue weighted by atomic mass is 9.91. The number of carbonyl (C=O) groups excluding carboxylic acids is 2. The highest BCUT2D eigenvalue weighted by molar-refractivity contribution is 5.95. The average molecular weight is 662 g/mol. The summed E-state index contributed by atoms with van der Waals surface area (Å²) in [7, 11) is 0. The lowest BCUT2D eigenvalue weighted by Crippen LogP contribution is -2.45. The van der Waals surface area contributed by atoms with Crippen LogP contribution in [0.1, 0.15) is 69.5 Å². The maximum Gasteiger partial charge on any atom is 0.349 e. The molecule has 11 nitrogen and oxygen atoms in total. The van der Waals surface area contributed by atoms with Gasteiger partial charge < -0.3 is 29.5 Å². The van der Waals surface area contributed by atoms with Crippen LogP contribution < -0.4 is 0 Å². The van der Waals surface area contributed by atoms with Crippen molar-refractivity contribution in [3.05, 3.63) is 107 Å². The number of carboxylic acids is 2. The largest absolute Gasteiger partial charge is 0.478 e. The van der Waals surface area contributed by atoms with Crippen molar-refractivity contribution in [2.45, 2.75) is 83.0 Å². The van der Waals surface area contributed by atoms with Gasteiger partial charge in [-0.1, -0.05) is 78.6 Å². The Bertz CT molecular complexity index is 1430. The molecule has 1 aliphatic carbocycles. The van der Waals surface area contributed by atoms with Crippen LogP contribution in [0.2, 0.25) is 0 Å². The van der Waals surface area contributed by atoms with Gasteiger partial charge in [-0.2, -0.15) is 0 Å². The van der Waals surface area contributed by atoms with Gasteiger partial charge in [-0.25, -0.2) is 19.2 Å². The molecule has 1 saturated heterocycles. The van der Waals surface area contributed by atoms with Crippen molar-refractivity contribution in [1.82, 2.24) is 4.90 Å². The highest BCUT2D eigenvalue weighted by Gasteiger charge is 2.41. The Hall–Kier alpha value is -4.58. The van der Waals surface area contributed by atoms with Crippen LogP contribution in [0, 0.1) is 13.8 Å². The smallest absolute Gasteiger partial charge is 0.349 e. The normalized spacial score (nSPS) is 20.4. The second-order valence-corrected chi connectivity index (χ2v) is 12.2. The first-order valence-corrected chi connectivity index (χ1v) is 16.1. The third-order valence-corrected chi connectivity index (χ3v) is 8.47. The van der Waals surface area contributed by atoms with Crippen molar-refractivity contribution in [3.63, 3.8) is 0 Å². The molecule has 0 aromatic heterocycles. The zero-order valence-corrected chi connectivity index (χ0v) is 27.2. The molecule has 3 aromatic carbocycles. The summed E-state index contributed by atoms with van der Waals surface area (Å²) in [5, 5.41) is 28.8. The molecule has 0 radical (unpaired) electrons. The van der Waals surface area contributed by atoms with E-state index in [2.05, 4.69) is 29.2 Å². The predicted molar refractivity (Wildman–Crippen MR) is 176 cm³/mol. The fourth-order valence-corrected chi connectivity index (χ4v) is 5.73. The van der Waals surface area contributed by atoms with Gasteiger partial charge in [0.05, 0.1) is 29.9 Å². The van der Waals surface area contributed by atoms with Crippen LogP contribution in [0.4, 0.5) is 0 Å². The van der Waals surface area contributed by atoms with Gasteiger partial charge in [0.2, 0.25) is 12.2 Å². The van der Waals surface area contributed by atoms with Gasteiger partial charge in [0, 0.05) is 19.1 Å². The summed E-state index contributed by atoms with van der Waals surface area (Å²) >= 11 is 0. The number of aryl methyl sites for hydroxylation is 2. The van der Waals surface area contributed by atoms with Gasteiger partial charge in [0.1, 0.15) is 0 Å². The number of esters is 2. The summed E-state index contributed by atoms with van der Waals surface area (Å²) in [6.45, 7) is 6.34. The van der Waals surface area contributed by atoms with Crippen molar-refractivity contribution in [3.8, 4) is 0 Å². The minimum atomic E-state index is -2.22. The molecule has 11 heteroatoms. The van der Waals surface area contributed by atoms with Crippen LogP contribution >= 0.6 is 0 Å². The molecule has 0 spiro atoms. The lowest BCUT2D eigenvalue weighted by molar-refractivity contribution is -0.166. The Balaban J connectivity index is 0.000000228. The summed E-state index contributed by atoms with van der Waals surface area (Å²) in [6, 6.07) is 22.8. The predicted octanol–water partition coefficient (Wildman–Crippen LogP) is 4.80. The number of nitrogens with zero attached hydrogens (tertiary/aromatic N) is 1. The summed E-state index contributed by atoms with van der Waals surface area (Å²) in [5.41, 5.74) is 3.03. The number of likely N-dealkylation sites (tertiary alicyclic amines) is 1. The minimum absolute atomic E-state index is 0.0332. The Kier molecular flexibility index (Phi) is 13.2. The SMILES string of the molecule is Cc1ccc(C(=O)OC(C(=O)O)C(OC(=O)c2ccc(C)cc2)C(=O)O)cc1.O[C@@H]1CCCC[C@H]1N1CC[C@@H](OCc2ccccc2)C1. The molecule has 0 amide bonds. The highest BCUT2D eigenvalue weighted by atomic mass is 16.6. The summed E-state index contributed by atoms with van der Waals surface area (Å²) in [4.78, 5) is 49.8. The molecule has 1 heterocycles. The molecular formula is C37H43NO10.